The number of nitrogens with one attached hydrogen (secondary N) is 3. The monoisotopic (exact) mass is 538 g/mol. The lowest BCUT2D eigenvalue weighted by Crippen LogP contribution is -2.52. The Morgan fingerprint density at radius 2 is 1.95 bits per heavy atom. The smallest absolute Gasteiger partial charge is 0.251 e. The van der Waals surface area contributed by atoms with Gasteiger partial charge in [0.1, 0.15) is 5.82 Å². The molecule has 4 rings (SSSR count). The Morgan fingerprint density at radius 1 is 1.18 bits per heavy atom. The molecular weight excluding hydrogens is 499 g/mol. The highest BCUT2D eigenvalue weighted by atomic mass is 19.1. The standard InChI is InChI=1S/C30H39FN4O4/c1-17(2)28-26(39-5)15-25(21-7-6-8-24(31)14-21)35(28)27(36)16-32-29(37)22-10-9-20(18(3)11-22)13-23-12-19(4)33-34-30(23)38/h6-11,14,17,19,23,25-26,28,33H,12-13,15-16H2,1-5H3,(H,32,37)(H,34,38)/t19?,23?,25-,26+,28-/m0/s1. The number of carbonyl (C=O) groups is 3. The number of aryl methyl sites for hydroxylation is 1. The van der Waals surface area contributed by atoms with Crippen molar-refractivity contribution in [2.24, 2.45) is 11.8 Å². The Hall–Kier alpha value is -3.30. The number of ether oxygens (including phenoxy) is 1. The van der Waals surface area contributed by atoms with Crippen molar-refractivity contribution in [2.45, 2.75) is 71.2 Å². The van der Waals surface area contributed by atoms with Crippen molar-refractivity contribution in [3.8, 4) is 0 Å². The largest absolute Gasteiger partial charge is 0.379 e. The second kappa shape index (κ2) is 12.3. The number of hydrogen-bond donors (Lipinski definition) is 3. The van der Waals surface area contributed by atoms with E-state index in [1.54, 1.807) is 30.2 Å². The van der Waals surface area contributed by atoms with Crippen LogP contribution in [0, 0.1) is 24.6 Å². The van der Waals surface area contributed by atoms with Crippen LogP contribution >= 0.6 is 0 Å². The first-order valence-corrected chi connectivity index (χ1v) is 13.6. The van der Waals surface area contributed by atoms with Gasteiger partial charge < -0.3 is 15.0 Å². The molecule has 2 unspecified atom stereocenters. The molecule has 0 saturated carbocycles. The first-order valence-electron chi connectivity index (χ1n) is 13.6. The summed E-state index contributed by atoms with van der Waals surface area (Å²) in [5, 5.41) is 2.77. The summed E-state index contributed by atoms with van der Waals surface area (Å²) in [6, 6.07) is 11.3. The number of likely N-dealkylation sites (tertiary alicyclic amines) is 1. The molecule has 2 aliphatic rings. The predicted octanol–water partition coefficient (Wildman–Crippen LogP) is 3.45. The van der Waals surface area contributed by atoms with Crippen LogP contribution in [0.5, 0.6) is 0 Å². The summed E-state index contributed by atoms with van der Waals surface area (Å²) >= 11 is 0. The van der Waals surface area contributed by atoms with Crippen LogP contribution < -0.4 is 16.2 Å². The number of rotatable bonds is 8. The molecule has 2 fully saturated rings. The molecule has 210 valence electrons. The Kier molecular flexibility index (Phi) is 9.02. The van der Waals surface area contributed by atoms with Gasteiger partial charge in [-0.2, -0.15) is 0 Å². The van der Waals surface area contributed by atoms with Gasteiger partial charge in [-0.3, -0.25) is 19.8 Å². The summed E-state index contributed by atoms with van der Waals surface area (Å²) in [7, 11) is 1.63. The molecule has 0 radical (unpaired) electrons. The van der Waals surface area contributed by atoms with Gasteiger partial charge >= 0.3 is 0 Å². The molecule has 2 aromatic rings. The first kappa shape index (κ1) is 28.7. The van der Waals surface area contributed by atoms with Crippen LogP contribution in [0.4, 0.5) is 4.39 Å². The van der Waals surface area contributed by atoms with Gasteiger partial charge in [0.05, 0.1) is 24.7 Å². The van der Waals surface area contributed by atoms with Crippen molar-refractivity contribution in [1.82, 2.24) is 21.1 Å². The molecule has 39 heavy (non-hydrogen) atoms. The van der Waals surface area contributed by atoms with Crippen LogP contribution in [-0.2, 0) is 20.7 Å². The summed E-state index contributed by atoms with van der Waals surface area (Å²) in [5.41, 5.74) is 8.76. The van der Waals surface area contributed by atoms with E-state index in [9.17, 15) is 18.8 Å². The molecule has 2 aliphatic heterocycles. The zero-order valence-electron chi connectivity index (χ0n) is 23.3. The van der Waals surface area contributed by atoms with E-state index in [-0.39, 0.29) is 66.1 Å². The number of carbonyl (C=O) groups excluding carboxylic acids is 3. The van der Waals surface area contributed by atoms with E-state index in [2.05, 4.69) is 16.2 Å². The van der Waals surface area contributed by atoms with Crippen LogP contribution in [0.3, 0.4) is 0 Å². The maximum absolute atomic E-state index is 14.0. The summed E-state index contributed by atoms with van der Waals surface area (Å²) in [6.07, 6.45) is 1.69. The molecule has 5 atom stereocenters. The average Bonchev–Trinajstić information content (AvgIpc) is 3.30. The van der Waals surface area contributed by atoms with Crippen molar-refractivity contribution < 1.29 is 23.5 Å². The minimum atomic E-state index is -0.357. The van der Waals surface area contributed by atoms with Crippen molar-refractivity contribution in [1.29, 1.82) is 0 Å². The van der Waals surface area contributed by atoms with E-state index < -0.39 is 0 Å². The number of hydrogen-bond acceptors (Lipinski definition) is 5. The summed E-state index contributed by atoms with van der Waals surface area (Å²) in [5.74, 6) is -1.000. The molecule has 2 saturated heterocycles. The fraction of sp³-hybridized carbons (Fsp3) is 0.500. The lowest BCUT2D eigenvalue weighted by atomic mass is 9.89. The third-order valence-electron chi connectivity index (χ3n) is 7.92. The van der Waals surface area contributed by atoms with Gasteiger partial charge in [-0.1, -0.05) is 32.0 Å². The van der Waals surface area contributed by atoms with Crippen LogP contribution in [0.15, 0.2) is 42.5 Å². The zero-order valence-corrected chi connectivity index (χ0v) is 23.3. The third-order valence-corrected chi connectivity index (χ3v) is 7.92. The molecule has 3 N–H and O–H groups in total. The van der Waals surface area contributed by atoms with Gasteiger partial charge in [-0.15, -0.1) is 0 Å². The normalized spacial score (nSPS) is 25.1. The van der Waals surface area contributed by atoms with E-state index in [4.69, 9.17) is 4.74 Å². The molecule has 0 aliphatic carbocycles. The summed E-state index contributed by atoms with van der Waals surface area (Å²) in [4.78, 5) is 40.5. The van der Waals surface area contributed by atoms with Gasteiger partial charge in [-0.05, 0) is 73.6 Å². The summed E-state index contributed by atoms with van der Waals surface area (Å²) < 4.78 is 19.8. The zero-order chi connectivity index (χ0) is 28.3. The minimum Gasteiger partial charge on any atom is -0.379 e. The van der Waals surface area contributed by atoms with Crippen LogP contribution in [0.2, 0.25) is 0 Å². The molecule has 8 nitrogen and oxygen atoms in total. The van der Waals surface area contributed by atoms with Crippen LogP contribution in [-0.4, -0.2) is 54.5 Å². The SMILES string of the molecule is CO[C@@H]1C[C@@H](c2cccc(F)c2)N(C(=O)CNC(=O)c2ccc(CC3CC(C)NNC3=O)c(C)c2)[C@H]1C(C)C. The number of amides is 3. The van der Waals surface area contributed by atoms with Gasteiger partial charge in [0.15, 0.2) is 0 Å². The quantitative estimate of drug-likeness (QED) is 0.478. The highest BCUT2D eigenvalue weighted by molar-refractivity contribution is 5.96. The highest BCUT2D eigenvalue weighted by Gasteiger charge is 2.46. The van der Waals surface area contributed by atoms with E-state index >= 15 is 0 Å². The molecule has 0 aromatic heterocycles. The van der Waals surface area contributed by atoms with Gasteiger partial charge in [0.2, 0.25) is 11.8 Å². The average molecular weight is 539 g/mol. The van der Waals surface area contributed by atoms with Crippen molar-refractivity contribution >= 4 is 17.7 Å². The maximum atomic E-state index is 14.0. The fourth-order valence-electron chi connectivity index (χ4n) is 5.94. The lowest BCUT2D eigenvalue weighted by molar-refractivity contribution is -0.135. The molecule has 9 heteroatoms. The highest BCUT2D eigenvalue weighted by Crippen LogP contribution is 2.40. The molecule has 0 spiro atoms. The van der Waals surface area contributed by atoms with Gasteiger partial charge in [0.25, 0.3) is 5.91 Å². The Bertz CT molecular complexity index is 1220. The van der Waals surface area contributed by atoms with Gasteiger partial charge in [-0.25, -0.2) is 9.82 Å². The van der Waals surface area contributed by atoms with Gasteiger partial charge in [0, 0.05) is 31.1 Å². The topological polar surface area (TPSA) is 99.8 Å². The number of hydrazine groups is 1. The molecule has 2 aromatic carbocycles. The van der Waals surface area contributed by atoms with Crippen molar-refractivity contribution in [2.75, 3.05) is 13.7 Å². The van der Waals surface area contributed by atoms with Crippen LogP contribution in [0.25, 0.3) is 0 Å². The first-order chi connectivity index (χ1) is 18.6. The Labute approximate surface area is 229 Å². The summed E-state index contributed by atoms with van der Waals surface area (Å²) in [6.45, 7) is 7.82. The maximum Gasteiger partial charge on any atom is 0.251 e. The van der Waals surface area contributed by atoms with E-state index in [1.807, 2.05) is 39.8 Å². The number of benzene rings is 2. The lowest BCUT2D eigenvalue weighted by Gasteiger charge is -2.34. The molecule has 2 heterocycles. The van der Waals surface area contributed by atoms with E-state index in [0.717, 1.165) is 17.5 Å². The van der Waals surface area contributed by atoms with Crippen molar-refractivity contribution in [3.05, 3.63) is 70.5 Å². The second-order valence-corrected chi connectivity index (χ2v) is 11.1. The molecular formula is C30H39FN4O4. The Balaban J connectivity index is 1.45. The van der Waals surface area contributed by atoms with Crippen molar-refractivity contribution in [3.63, 3.8) is 0 Å². The Morgan fingerprint density at radius 3 is 2.62 bits per heavy atom. The molecule has 3 amide bonds. The van der Waals surface area contributed by atoms with E-state index in [1.165, 1.54) is 12.1 Å². The van der Waals surface area contributed by atoms with Crippen LogP contribution in [0.1, 0.15) is 66.7 Å². The third kappa shape index (κ3) is 6.47. The van der Waals surface area contributed by atoms with E-state index in [0.29, 0.717) is 24.0 Å². The molecule has 0 bridgehead atoms. The fourth-order valence-corrected chi connectivity index (χ4v) is 5.94. The predicted molar refractivity (Wildman–Crippen MR) is 146 cm³/mol. The number of halogens is 1. The number of methoxy groups -OCH3 is 1. The minimum absolute atomic E-state index is 0.0262. The number of nitrogens with zero attached hydrogens (tertiary/aromatic N) is 1. The second-order valence-electron chi connectivity index (χ2n) is 11.1.